The summed E-state index contributed by atoms with van der Waals surface area (Å²) in [5.41, 5.74) is 0. The van der Waals surface area contributed by atoms with Crippen LogP contribution in [0.15, 0.2) is 0 Å². The Kier molecular flexibility index (Phi) is 15.6. The maximum atomic E-state index is 10.1. The summed E-state index contributed by atoms with van der Waals surface area (Å²) < 4.78 is 68.5. The summed E-state index contributed by atoms with van der Waals surface area (Å²) in [6.45, 7) is 2.24. The molecular formula is C12H25O8S2-3. The van der Waals surface area contributed by atoms with Crippen LogP contribution in [0.2, 0.25) is 0 Å². The molecule has 0 aliphatic rings. The predicted molar refractivity (Wildman–Crippen MR) is 78.0 cm³/mol. The summed E-state index contributed by atoms with van der Waals surface area (Å²) in [7, 11) is -9.65. The van der Waals surface area contributed by atoms with Gasteiger partial charge >= 0.3 is 0 Å². The molecule has 8 nitrogen and oxygen atoms in total. The summed E-state index contributed by atoms with van der Waals surface area (Å²) in [6, 6.07) is 0. The van der Waals surface area contributed by atoms with E-state index in [-0.39, 0.29) is 6.61 Å². The van der Waals surface area contributed by atoms with Crippen molar-refractivity contribution in [1.29, 1.82) is 0 Å². The zero-order chi connectivity index (χ0) is 17.5. The molecule has 0 heterocycles. The van der Waals surface area contributed by atoms with Crippen molar-refractivity contribution in [3.05, 3.63) is 0 Å². The molecule has 0 bridgehead atoms. The first-order valence-electron chi connectivity index (χ1n) is 7.33. The molecule has 10 heteroatoms. The molecule has 0 aliphatic heterocycles. The first kappa shape index (κ1) is 24.0. The minimum absolute atomic E-state index is 0.0301. The van der Waals surface area contributed by atoms with E-state index in [9.17, 15) is 13.0 Å². The van der Waals surface area contributed by atoms with Gasteiger partial charge in [-0.2, -0.15) is 0 Å². The van der Waals surface area contributed by atoms with Gasteiger partial charge in [0.1, 0.15) is 0 Å². The molecule has 0 atom stereocenters. The molecule has 0 aromatic carbocycles. The van der Waals surface area contributed by atoms with Crippen LogP contribution in [-0.4, -0.2) is 37.1 Å². The molecule has 0 aromatic heterocycles. The Balaban J connectivity index is 0. The van der Waals surface area contributed by atoms with E-state index in [1.165, 1.54) is 44.9 Å². The summed E-state index contributed by atoms with van der Waals surface area (Å²) in [4.78, 5) is 0. The third-order valence-corrected chi connectivity index (χ3v) is 3.18. The van der Waals surface area contributed by atoms with Gasteiger partial charge in [-0.25, -0.2) is 8.42 Å². The highest BCUT2D eigenvalue weighted by Crippen LogP contribution is 2.10. The zero-order valence-electron chi connectivity index (χ0n) is 12.9. The van der Waals surface area contributed by atoms with E-state index >= 15 is 0 Å². The molecule has 22 heavy (non-hydrogen) atoms. The van der Waals surface area contributed by atoms with Crippen LogP contribution in [0.4, 0.5) is 0 Å². The minimum atomic E-state index is -5.17. The normalized spacial score (nSPS) is 11.8. The van der Waals surface area contributed by atoms with E-state index in [1.54, 1.807) is 0 Å². The van der Waals surface area contributed by atoms with Crippen LogP contribution in [0.1, 0.15) is 71.1 Å². The molecule has 0 spiro atoms. The lowest BCUT2D eigenvalue weighted by Gasteiger charge is -2.06. The molecule has 0 radical (unpaired) electrons. The Bertz CT molecular complexity index is 422. The molecule has 136 valence electrons. The Morgan fingerprint density at radius 2 is 1.00 bits per heavy atom. The summed E-state index contributed by atoms with van der Waals surface area (Å²) in [6.07, 6.45) is 11.7. The van der Waals surface area contributed by atoms with E-state index in [0.29, 0.717) is 6.42 Å². The average molecular weight is 361 g/mol. The standard InChI is InChI=1S/C12H26O4S.H2O4S/c1-2-3-4-5-6-7-8-9-10-11-12-16-17(13,14)15;1-5(2,3)4/h2-12H2,1H3,(H,13,14,15);(H2,1,2,3,4)/p-3. The van der Waals surface area contributed by atoms with Crippen LogP contribution >= 0.6 is 0 Å². The lowest BCUT2D eigenvalue weighted by molar-refractivity contribution is 0.255. The molecule has 0 aliphatic carbocycles. The minimum Gasteiger partial charge on any atom is -0.759 e. The molecule has 0 amide bonds. The molecule has 0 fully saturated rings. The lowest BCUT2D eigenvalue weighted by Crippen LogP contribution is -2.05. The quantitative estimate of drug-likeness (QED) is 0.291. The highest BCUT2D eigenvalue weighted by atomic mass is 32.3. The van der Waals surface area contributed by atoms with Crippen molar-refractivity contribution in [1.82, 2.24) is 0 Å². The molecule has 0 saturated carbocycles. The van der Waals surface area contributed by atoms with Gasteiger partial charge in [0.25, 0.3) is 0 Å². The van der Waals surface area contributed by atoms with Crippen LogP contribution in [0.25, 0.3) is 0 Å². The highest BCUT2D eigenvalue weighted by Gasteiger charge is 1.95. The number of rotatable bonds is 12. The van der Waals surface area contributed by atoms with Crippen LogP contribution in [0, 0.1) is 0 Å². The molecule has 0 N–H and O–H groups in total. The molecular weight excluding hydrogens is 336 g/mol. The van der Waals surface area contributed by atoms with Crippen molar-refractivity contribution in [3.8, 4) is 0 Å². The topological polar surface area (TPSA) is 147 Å². The third-order valence-electron chi connectivity index (χ3n) is 2.73. The zero-order valence-corrected chi connectivity index (χ0v) is 14.5. The van der Waals surface area contributed by atoms with Crippen molar-refractivity contribution in [2.75, 3.05) is 6.61 Å². The predicted octanol–water partition coefficient (Wildman–Crippen LogP) is 2.05. The van der Waals surface area contributed by atoms with Crippen LogP contribution < -0.4 is 0 Å². The van der Waals surface area contributed by atoms with E-state index in [1.807, 2.05) is 0 Å². The fourth-order valence-electron chi connectivity index (χ4n) is 1.75. The average Bonchev–Trinajstić information content (AvgIpc) is 2.32. The molecule has 0 unspecified atom stereocenters. The number of hydrogen-bond acceptors (Lipinski definition) is 8. The van der Waals surface area contributed by atoms with Crippen molar-refractivity contribution in [3.63, 3.8) is 0 Å². The van der Waals surface area contributed by atoms with Gasteiger partial charge in [0.05, 0.1) is 6.61 Å². The fraction of sp³-hybridized carbons (Fsp3) is 1.00. The van der Waals surface area contributed by atoms with Gasteiger partial charge in [-0.05, 0) is 6.42 Å². The second kappa shape index (κ2) is 14.3. The summed E-state index contributed by atoms with van der Waals surface area (Å²) >= 11 is 0. The van der Waals surface area contributed by atoms with Crippen LogP contribution in [0.3, 0.4) is 0 Å². The van der Waals surface area contributed by atoms with Crippen molar-refractivity contribution in [2.45, 2.75) is 71.1 Å². The second-order valence-electron chi connectivity index (χ2n) is 4.82. The van der Waals surface area contributed by atoms with Gasteiger partial charge in [0.15, 0.2) is 0 Å². The first-order valence-corrected chi connectivity index (χ1v) is 10.00. The van der Waals surface area contributed by atoms with Crippen molar-refractivity contribution in [2.24, 2.45) is 0 Å². The molecule has 0 saturated heterocycles. The number of unbranched alkanes of at least 4 members (excludes halogenated alkanes) is 9. The molecule has 0 aromatic rings. The Morgan fingerprint density at radius 1 is 0.682 bits per heavy atom. The summed E-state index contributed by atoms with van der Waals surface area (Å²) in [5, 5.41) is 0. The highest BCUT2D eigenvalue weighted by molar-refractivity contribution is 7.80. The van der Waals surface area contributed by atoms with Gasteiger partial charge in [0.2, 0.25) is 10.4 Å². The fourth-order valence-corrected chi connectivity index (χ4v) is 2.07. The van der Waals surface area contributed by atoms with Crippen LogP contribution in [-0.2, 0) is 25.0 Å². The van der Waals surface area contributed by atoms with E-state index in [0.717, 1.165) is 12.8 Å². The maximum absolute atomic E-state index is 10.1. The third kappa shape index (κ3) is 36.7. The van der Waals surface area contributed by atoms with E-state index < -0.39 is 20.8 Å². The Morgan fingerprint density at radius 3 is 1.32 bits per heavy atom. The maximum Gasteiger partial charge on any atom is 0.217 e. The number of hydrogen-bond donors (Lipinski definition) is 0. The summed E-state index contributed by atoms with van der Waals surface area (Å²) in [5.74, 6) is 0. The first-order chi connectivity index (χ1) is 10.1. The SMILES string of the molecule is CCCCCCCCCCCCOS(=O)(=O)[O-].O=S(=O)([O-])[O-]. The second-order valence-corrected chi connectivity index (χ2v) is 6.69. The van der Waals surface area contributed by atoms with Crippen LogP contribution in [0.5, 0.6) is 0 Å². The monoisotopic (exact) mass is 361 g/mol. The van der Waals surface area contributed by atoms with E-state index in [2.05, 4.69) is 11.1 Å². The van der Waals surface area contributed by atoms with Gasteiger partial charge in [-0.15, -0.1) is 0 Å². The lowest BCUT2D eigenvalue weighted by atomic mass is 10.1. The molecule has 0 rings (SSSR count). The van der Waals surface area contributed by atoms with Gasteiger partial charge < -0.3 is 13.7 Å². The van der Waals surface area contributed by atoms with Crippen molar-refractivity contribution >= 4 is 20.8 Å². The van der Waals surface area contributed by atoms with Gasteiger partial charge in [-0.1, -0.05) is 64.7 Å². The largest absolute Gasteiger partial charge is 0.759 e. The van der Waals surface area contributed by atoms with E-state index in [4.69, 9.17) is 17.5 Å². The Labute approximate surface area is 133 Å². The van der Waals surface area contributed by atoms with Crippen molar-refractivity contribution < 1.29 is 34.7 Å². The Hall–Kier alpha value is -0.260. The smallest absolute Gasteiger partial charge is 0.217 e. The van der Waals surface area contributed by atoms with Gasteiger partial charge in [-0.3, -0.25) is 12.6 Å². The van der Waals surface area contributed by atoms with Gasteiger partial charge in [0, 0.05) is 10.4 Å².